The molecule has 4 nitrogen and oxygen atoms in total. The van der Waals surface area contributed by atoms with Crippen LogP contribution in [0.2, 0.25) is 0 Å². The maximum Gasteiger partial charge on any atom is 0.317 e. The summed E-state index contributed by atoms with van der Waals surface area (Å²) in [5, 5.41) is 4.92. The number of aromatic nitrogens is 1. The predicted octanol–water partition coefficient (Wildman–Crippen LogP) is 4.54. The summed E-state index contributed by atoms with van der Waals surface area (Å²) in [6, 6.07) is 3.59. The number of aryl methyl sites for hydroxylation is 1. The fourth-order valence-electron chi connectivity index (χ4n) is 3.29. The molecule has 2 aromatic rings. The SMILES string of the molecule is CC(NC(=O)N1CCC(CCc2ccc(F)cc2F)CC1)c1cscn1. The minimum atomic E-state index is -0.544. The third kappa shape index (κ3) is 4.78. The molecular formula is C19H23F2N3OS. The summed E-state index contributed by atoms with van der Waals surface area (Å²) in [7, 11) is 0. The van der Waals surface area contributed by atoms with Crippen LogP contribution in [0.3, 0.4) is 0 Å². The molecule has 2 amide bonds. The molecule has 140 valence electrons. The van der Waals surface area contributed by atoms with Gasteiger partial charge in [-0.1, -0.05) is 6.07 Å². The molecule has 0 radical (unpaired) electrons. The summed E-state index contributed by atoms with van der Waals surface area (Å²) < 4.78 is 26.7. The molecule has 0 saturated carbocycles. The van der Waals surface area contributed by atoms with E-state index >= 15 is 0 Å². The number of hydrogen-bond donors (Lipinski definition) is 1. The van der Waals surface area contributed by atoms with Gasteiger partial charge >= 0.3 is 6.03 Å². The van der Waals surface area contributed by atoms with Crippen molar-refractivity contribution < 1.29 is 13.6 Å². The monoisotopic (exact) mass is 379 g/mol. The molecule has 1 aromatic carbocycles. The number of rotatable bonds is 5. The van der Waals surface area contributed by atoms with Crippen molar-refractivity contribution in [3.8, 4) is 0 Å². The van der Waals surface area contributed by atoms with Crippen LogP contribution in [0.15, 0.2) is 29.1 Å². The summed E-state index contributed by atoms with van der Waals surface area (Å²) in [6.45, 7) is 3.33. The number of benzene rings is 1. The summed E-state index contributed by atoms with van der Waals surface area (Å²) in [4.78, 5) is 18.4. The van der Waals surface area contributed by atoms with Crippen molar-refractivity contribution >= 4 is 17.4 Å². The molecule has 1 aliphatic rings. The number of urea groups is 1. The predicted molar refractivity (Wildman–Crippen MR) is 98.0 cm³/mol. The highest BCUT2D eigenvalue weighted by molar-refractivity contribution is 7.07. The van der Waals surface area contributed by atoms with Gasteiger partial charge in [0, 0.05) is 24.5 Å². The van der Waals surface area contributed by atoms with Crippen molar-refractivity contribution in [1.82, 2.24) is 15.2 Å². The Bertz CT molecular complexity index is 730. The van der Waals surface area contributed by atoms with Crippen LogP contribution in [0, 0.1) is 17.6 Å². The molecule has 1 saturated heterocycles. The first kappa shape index (κ1) is 18.8. The van der Waals surface area contributed by atoms with Crippen molar-refractivity contribution in [2.24, 2.45) is 5.92 Å². The summed E-state index contributed by atoms with van der Waals surface area (Å²) in [5.74, 6) is -0.560. The molecule has 0 aliphatic carbocycles. The Morgan fingerprint density at radius 1 is 1.38 bits per heavy atom. The highest BCUT2D eigenvalue weighted by Gasteiger charge is 2.24. The van der Waals surface area contributed by atoms with Gasteiger partial charge in [-0.15, -0.1) is 11.3 Å². The molecule has 1 atom stereocenters. The summed E-state index contributed by atoms with van der Waals surface area (Å²) >= 11 is 1.51. The zero-order valence-corrected chi connectivity index (χ0v) is 15.6. The molecule has 0 bridgehead atoms. The van der Waals surface area contributed by atoms with Crippen molar-refractivity contribution in [2.75, 3.05) is 13.1 Å². The van der Waals surface area contributed by atoms with Gasteiger partial charge < -0.3 is 10.2 Å². The van der Waals surface area contributed by atoms with Crippen LogP contribution in [-0.2, 0) is 6.42 Å². The topological polar surface area (TPSA) is 45.2 Å². The second-order valence-electron chi connectivity index (χ2n) is 6.79. The van der Waals surface area contributed by atoms with E-state index in [4.69, 9.17) is 0 Å². The smallest absolute Gasteiger partial charge is 0.317 e. The number of thiazole rings is 1. The first-order chi connectivity index (χ1) is 12.5. The number of halogens is 2. The average molecular weight is 379 g/mol. The molecule has 1 unspecified atom stereocenters. The molecule has 3 rings (SSSR count). The normalized spacial score (nSPS) is 16.5. The van der Waals surface area contributed by atoms with Gasteiger partial charge in [-0.3, -0.25) is 0 Å². The number of hydrogen-bond acceptors (Lipinski definition) is 3. The maximum atomic E-state index is 13.7. The minimum absolute atomic E-state index is 0.0615. The van der Waals surface area contributed by atoms with Gasteiger partial charge in [-0.2, -0.15) is 0 Å². The van der Waals surface area contributed by atoms with E-state index in [1.165, 1.54) is 23.5 Å². The Labute approximate surface area is 156 Å². The molecule has 1 N–H and O–H groups in total. The molecule has 2 heterocycles. The van der Waals surface area contributed by atoms with Crippen molar-refractivity contribution in [1.29, 1.82) is 0 Å². The van der Waals surface area contributed by atoms with Crippen LogP contribution < -0.4 is 5.32 Å². The fourth-order valence-corrected chi connectivity index (χ4v) is 3.94. The first-order valence-electron chi connectivity index (χ1n) is 8.90. The molecule has 0 spiro atoms. The average Bonchev–Trinajstić information content (AvgIpc) is 3.16. The lowest BCUT2D eigenvalue weighted by Gasteiger charge is -2.32. The van der Waals surface area contributed by atoms with Crippen LogP contribution in [0.25, 0.3) is 0 Å². The number of carbonyl (C=O) groups is 1. The zero-order chi connectivity index (χ0) is 18.5. The standard InChI is InChI=1S/C19H23F2N3OS/c1-13(18-11-26-12-22-18)23-19(25)24-8-6-14(7-9-24)2-3-15-4-5-16(20)10-17(15)21/h4-5,10-14H,2-3,6-9H2,1H3,(H,23,25). The van der Waals surface area contributed by atoms with E-state index in [1.807, 2.05) is 17.2 Å². The molecule has 7 heteroatoms. The summed E-state index contributed by atoms with van der Waals surface area (Å²) in [5.41, 5.74) is 3.19. The van der Waals surface area contributed by atoms with Crippen LogP contribution in [0.1, 0.15) is 43.5 Å². The number of carbonyl (C=O) groups excluding carboxylic acids is 1. The third-order valence-corrected chi connectivity index (χ3v) is 5.58. The lowest BCUT2D eigenvalue weighted by Crippen LogP contribution is -2.45. The molecule has 1 aromatic heterocycles. The Hall–Kier alpha value is -2.02. The Morgan fingerprint density at radius 2 is 2.15 bits per heavy atom. The highest BCUT2D eigenvalue weighted by atomic mass is 32.1. The second kappa shape index (κ2) is 8.58. The molecule has 1 fully saturated rings. The van der Waals surface area contributed by atoms with Crippen LogP contribution in [0.5, 0.6) is 0 Å². The first-order valence-corrected chi connectivity index (χ1v) is 9.84. The maximum absolute atomic E-state index is 13.7. The molecular weight excluding hydrogens is 356 g/mol. The van der Waals surface area contributed by atoms with Crippen molar-refractivity contribution in [3.05, 3.63) is 52.0 Å². The fraction of sp³-hybridized carbons (Fsp3) is 0.474. The van der Waals surface area contributed by atoms with E-state index in [1.54, 1.807) is 5.51 Å². The number of piperidine rings is 1. The van der Waals surface area contributed by atoms with Gasteiger partial charge in [-0.25, -0.2) is 18.6 Å². The van der Waals surface area contributed by atoms with Crippen molar-refractivity contribution in [3.63, 3.8) is 0 Å². The third-order valence-electron chi connectivity index (χ3n) is 4.97. The van der Waals surface area contributed by atoms with E-state index < -0.39 is 11.6 Å². The van der Waals surface area contributed by atoms with Gasteiger partial charge in [0.15, 0.2) is 0 Å². The van der Waals surface area contributed by atoms with Gasteiger partial charge in [0.25, 0.3) is 0 Å². The van der Waals surface area contributed by atoms with Crippen LogP contribution in [-0.4, -0.2) is 29.0 Å². The van der Waals surface area contributed by atoms with E-state index in [0.29, 0.717) is 31.0 Å². The number of likely N-dealkylation sites (tertiary alicyclic amines) is 1. The van der Waals surface area contributed by atoms with Crippen molar-refractivity contribution in [2.45, 2.75) is 38.6 Å². The van der Waals surface area contributed by atoms with Gasteiger partial charge in [0.1, 0.15) is 11.6 Å². The lowest BCUT2D eigenvalue weighted by molar-refractivity contribution is 0.165. The van der Waals surface area contributed by atoms with Crippen LogP contribution >= 0.6 is 11.3 Å². The van der Waals surface area contributed by atoms with E-state index in [0.717, 1.165) is 31.0 Å². The summed E-state index contributed by atoms with van der Waals surface area (Å²) in [6.07, 6.45) is 3.26. The molecule has 1 aliphatic heterocycles. The Balaban J connectivity index is 1.43. The minimum Gasteiger partial charge on any atom is -0.330 e. The quantitative estimate of drug-likeness (QED) is 0.829. The zero-order valence-electron chi connectivity index (χ0n) is 14.8. The molecule has 26 heavy (non-hydrogen) atoms. The van der Waals surface area contributed by atoms with E-state index in [2.05, 4.69) is 10.3 Å². The van der Waals surface area contributed by atoms with E-state index in [-0.39, 0.29) is 12.1 Å². The van der Waals surface area contributed by atoms with Gasteiger partial charge in [-0.05, 0) is 50.2 Å². The van der Waals surface area contributed by atoms with Gasteiger partial charge in [0.05, 0.1) is 17.2 Å². The highest BCUT2D eigenvalue weighted by Crippen LogP contribution is 2.24. The number of amides is 2. The number of nitrogens with one attached hydrogen (secondary N) is 1. The number of nitrogens with zero attached hydrogens (tertiary/aromatic N) is 2. The van der Waals surface area contributed by atoms with Gasteiger partial charge in [0.2, 0.25) is 0 Å². The Morgan fingerprint density at radius 3 is 2.81 bits per heavy atom. The Kier molecular flexibility index (Phi) is 6.19. The second-order valence-corrected chi connectivity index (χ2v) is 7.51. The largest absolute Gasteiger partial charge is 0.330 e. The lowest BCUT2D eigenvalue weighted by atomic mass is 9.90. The van der Waals surface area contributed by atoms with Crippen LogP contribution in [0.4, 0.5) is 13.6 Å². The van der Waals surface area contributed by atoms with E-state index in [9.17, 15) is 13.6 Å².